The highest BCUT2D eigenvalue weighted by atomic mass is 35.5. The summed E-state index contributed by atoms with van der Waals surface area (Å²) in [6.07, 6.45) is 0. The number of aromatic nitrogens is 1. The van der Waals surface area contributed by atoms with Crippen molar-refractivity contribution in [3.63, 3.8) is 0 Å². The summed E-state index contributed by atoms with van der Waals surface area (Å²) in [5, 5.41) is 1.55. The molecule has 1 aromatic heterocycles. The van der Waals surface area contributed by atoms with Gasteiger partial charge in [0.05, 0.1) is 16.2 Å². The molecule has 0 unspecified atom stereocenters. The van der Waals surface area contributed by atoms with Gasteiger partial charge >= 0.3 is 0 Å². The number of nitrogens with two attached hydrogens (primary N) is 1. The summed E-state index contributed by atoms with van der Waals surface area (Å²) in [5.41, 5.74) is 10.6. The second-order valence-electron chi connectivity index (χ2n) is 4.61. The van der Waals surface area contributed by atoms with Crippen LogP contribution in [0.15, 0.2) is 48.5 Å². The van der Waals surface area contributed by atoms with Gasteiger partial charge in [-0.05, 0) is 30.7 Å². The first-order valence-electron chi connectivity index (χ1n) is 6.07. The zero-order valence-electron chi connectivity index (χ0n) is 10.5. The zero-order chi connectivity index (χ0) is 13.4. The lowest BCUT2D eigenvalue weighted by atomic mass is 10.1. The molecule has 0 aliphatic carbocycles. The lowest BCUT2D eigenvalue weighted by Gasteiger charge is -2.09. The Labute approximate surface area is 116 Å². The van der Waals surface area contributed by atoms with Crippen molar-refractivity contribution in [2.24, 2.45) is 0 Å². The maximum atomic E-state index is 6.28. The van der Waals surface area contributed by atoms with Gasteiger partial charge in [-0.25, -0.2) is 4.98 Å². The molecule has 0 aliphatic rings. The minimum absolute atomic E-state index is 0.638. The molecule has 2 nitrogen and oxygen atoms in total. The van der Waals surface area contributed by atoms with Crippen LogP contribution in [0.2, 0.25) is 5.02 Å². The minimum Gasteiger partial charge on any atom is -0.398 e. The molecule has 0 fully saturated rings. The second-order valence-corrected chi connectivity index (χ2v) is 5.01. The highest BCUT2D eigenvalue weighted by molar-refractivity contribution is 6.35. The average Bonchev–Trinajstić information content (AvgIpc) is 2.41. The van der Waals surface area contributed by atoms with E-state index in [2.05, 4.69) is 4.98 Å². The Morgan fingerprint density at radius 1 is 1.05 bits per heavy atom. The monoisotopic (exact) mass is 268 g/mol. The van der Waals surface area contributed by atoms with Gasteiger partial charge in [0.15, 0.2) is 0 Å². The van der Waals surface area contributed by atoms with E-state index < -0.39 is 0 Å². The van der Waals surface area contributed by atoms with E-state index in [0.29, 0.717) is 10.7 Å². The molecule has 0 radical (unpaired) electrons. The third-order valence-corrected chi connectivity index (χ3v) is 3.40. The van der Waals surface area contributed by atoms with E-state index in [9.17, 15) is 0 Å². The van der Waals surface area contributed by atoms with Crippen LogP contribution in [0.25, 0.3) is 22.2 Å². The third-order valence-electron chi connectivity index (χ3n) is 3.11. The standard InChI is InChI=1S/C16H13ClN2/c1-10-7-12-14(18)9-15(11-5-3-2-4-6-11)19-16(12)13(17)8-10/h2-9H,1H3,(H2,18,19). The molecule has 3 aromatic rings. The molecule has 3 heteroatoms. The highest BCUT2D eigenvalue weighted by Crippen LogP contribution is 2.31. The van der Waals surface area contributed by atoms with Gasteiger partial charge in [-0.1, -0.05) is 41.9 Å². The van der Waals surface area contributed by atoms with E-state index in [1.165, 1.54) is 0 Å². The number of aryl methyl sites for hydroxylation is 1. The predicted molar refractivity (Wildman–Crippen MR) is 81.3 cm³/mol. The van der Waals surface area contributed by atoms with E-state index in [1.54, 1.807) is 0 Å². The first kappa shape index (κ1) is 12.0. The van der Waals surface area contributed by atoms with Crippen molar-refractivity contribution >= 4 is 28.2 Å². The topological polar surface area (TPSA) is 38.9 Å². The maximum Gasteiger partial charge on any atom is 0.0916 e. The number of benzene rings is 2. The first-order chi connectivity index (χ1) is 9.15. The van der Waals surface area contributed by atoms with Crippen LogP contribution in [0.1, 0.15) is 5.56 Å². The predicted octanol–water partition coefficient (Wildman–Crippen LogP) is 4.45. The minimum atomic E-state index is 0.638. The van der Waals surface area contributed by atoms with Gasteiger partial charge in [-0.15, -0.1) is 0 Å². The van der Waals surface area contributed by atoms with E-state index >= 15 is 0 Å². The number of hydrogen-bond acceptors (Lipinski definition) is 2. The van der Waals surface area contributed by atoms with Gasteiger partial charge in [-0.2, -0.15) is 0 Å². The normalized spacial score (nSPS) is 10.8. The van der Waals surface area contributed by atoms with Crippen molar-refractivity contribution in [3.05, 3.63) is 59.1 Å². The summed E-state index contributed by atoms with van der Waals surface area (Å²) in [5.74, 6) is 0. The summed E-state index contributed by atoms with van der Waals surface area (Å²) in [6.45, 7) is 2.00. The quantitative estimate of drug-likeness (QED) is 0.708. The van der Waals surface area contributed by atoms with Crippen molar-refractivity contribution in [1.82, 2.24) is 4.98 Å². The summed E-state index contributed by atoms with van der Waals surface area (Å²) < 4.78 is 0. The van der Waals surface area contributed by atoms with Gasteiger partial charge in [0, 0.05) is 16.6 Å². The van der Waals surface area contributed by atoms with Crippen LogP contribution in [0.3, 0.4) is 0 Å². The molecule has 0 aliphatic heterocycles. The van der Waals surface area contributed by atoms with E-state index in [-0.39, 0.29) is 0 Å². The fourth-order valence-electron chi connectivity index (χ4n) is 2.20. The smallest absolute Gasteiger partial charge is 0.0916 e. The summed E-state index contributed by atoms with van der Waals surface area (Å²) >= 11 is 6.28. The van der Waals surface area contributed by atoms with Crippen LogP contribution >= 0.6 is 11.6 Å². The molecule has 0 saturated heterocycles. The SMILES string of the molecule is Cc1cc(Cl)c2nc(-c3ccccc3)cc(N)c2c1. The number of anilines is 1. The van der Waals surface area contributed by atoms with Crippen LogP contribution in [0.4, 0.5) is 5.69 Å². The summed E-state index contributed by atoms with van der Waals surface area (Å²) in [7, 11) is 0. The Morgan fingerprint density at radius 3 is 2.53 bits per heavy atom. The molecular formula is C16H13ClN2. The molecular weight excluding hydrogens is 256 g/mol. The highest BCUT2D eigenvalue weighted by Gasteiger charge is 2.09. The van der Waals surface area contributed by atoms with Gasteiger partial charge in [0.1, 0.15) is 0 Å². The number of nitrogen functional groups attached to an aromatic ring is 1. The van der Waals surface area contributed by atoms with Gasteiger partial charge in [0.25, 0.3) is 0 Å². The fraction of sp³-hybridized carbons (Fsp3) is 0.0625. The average molecular weight is 269 g/mol. The van der Waals surface area contributed by atoms with E-state index in [0.717, 1.165) is 27.7 Å². The Morgan fingerprint density at radius 2 is 1.79 bits per heavy atom. The van der Waals surface area contributed by atoms with Gasteiger partial charge in [-0.3, -0.25) is 0 Å². The van der Waals surface area contributed by atoms with Crippen LogP contribution in [0.5, 0.6) is 0 Å². The van der Waals surface area contributed by atoms with Crippen molar-refractivity contribution in [3.8, 4) is 11.3 Å². The zero-order valence-corrected chi connectivity index (χ0v) is 11.3. The lowest BCUT2D eigenvalue weighted by Crippen LogP contribution is -1.94. The molecule has 0 saturated carbocycles. The number of nitrogens with zero attached hydrogens (tertiary/aromatic N) is 1. The molecule has 0 amide bonds. The lowest BCUT2D eigenvalue weighted by molar-refractivity contribution is 1.38. The Balaban J connectivity index is 2.31. The Bertz CT molecular complexity index is 752. The first-order valence-corrected chi connectivity index (χ1v) is 6.45. The van der Waals surface area contributed by atoms with Crippen molar-refractivity contribution in [2.75, 3.05) is 5.73 Å². The third kappa shape index (κ3) is 2.15. The number of halogens is 1. The van der Waals surface area contributed by atoms with Crippen molar-refractivity contribution in [2.45, 2.75) is 6.92 Å². The second kappa shape index (κ2) is 4.56. The van der Waals surface area contributed by atoms with Gasteiger partial charge in [0.2, 0.25) is 0 Å². The van der Waals surface area contributed by atoms with Crippen LogP contribution in [-0.4, -0.2) is 4.98 Å². The molecule has 2 N–H and O–H groups in total. The van der Waals surface area contributed by atoms with E-state index in [4.69, 9.17) is 17.3 Å². The van der Waals surface area contributed by atoms with Crippen LogP contribution in [0, 0.1) is 6.92 Å². The van der Waals surface area contributed by atoms with Crippen molar-refractivity contribution < 1.29 is 0 Å². The molecule has 19 heavy (non-hydrogen) atoms. The fourth-order valence-corrected chi connectivity index (χ4v) is 2.52. The molecule has 0 atom stereocenters. The molecule has 2 aromatic carbocycles. The van der Waals surface area contributed by atoms with E-state index in [1.807, 2.05) is 55.5 Å². The summed E-state index contributed by atoms with van der Waals surface area (Å²) in [6, 6.07) is 15.8. The van der Waals surface area contributed by atoms with Gasteiger partial charge < -0.3 is 5.73 Å². The molecule has 1 heterocycles. The molecule has 0 bridgehead atoms. The molecule has 3 rings (SSSR count). The summed E-state index contributed by atoms with van der Waals surface area (Å²) in [4.78, 5) is 4.64. The molecule has 94 valence electrons. The largest absolute Gasteiger partial charge is 0.398 e. The number of hydrogen-bond donors (Lipinski definition) is 1. The Kier molecular flexibility index (Phi) is 2.88. The number of pyridine rings is 1. The number of fused-ring (bicyclic) bond motifs is 1. The van der Waals surface area contributed by atoms with Crippen LogP contribution < -0.4 is 5.73 Å². The Hall–Kier alpha value is -2.06. The van der Waals surface area contributed by atoms with Crippen molar-refractivity contribution in [1.29, 1.82) is 0 Å². The van der Waals surface area contributed by atoms with Crippen LogP contribution in [-0.2, 0) is 0 Å². The molecule has 0 spiro atoms. The number of rotatable bonds is 1. The maximum absolute atomic E-state index is 6.28.